The molecule has 9 heteroatoms. The van der Waals surface area contributed by atoms with Gasteiger partial charge in [0.1, 0.15) is 5.82 Å². The molecule has 1 aromatic heterocycles. The Morgan fingerprint density at radius 2 is 2.10 bits per heavy atom. The number of rotatable bonds is 5. The molecule has 21 heavy (non-hydrogen) atoms. The highest BCUT2D eigenvalue weighted by molar-refractivity contribution is 7.89. The highest BCUT2D eigenvalue weighted by Gasteiger charge is 2.17. The Hall–Kier alpha value is -2.00. The summed E-state index contributed by atoms with van der Waals surface area (Å²) in [5.74, 6) is -0.119. The normalized spacial score (nSPS) is 11.6. The number of hydrogen-bond acceptors (Lipinski definition) is 6. The SMILES string of the molecule is Cc1ccc(S(=O)(=O)NCc2nc(N(C)C)no2)cc1F. The van der Waals surface area contributed by atoms with Gasteiger partial charge < -0.3 is 9.42 Å². The van der Waals surface area contributed by atoms with Crippen LogP contribution < -0.4 is 9.62 Å². The van der Waals surface area contributed by atoms with E-state index in [4.69, 9.17) is 4.52 Å². The highest BCUT2D eigenvalue weighted by atomic mass is 32.2. The quantitative estimate of drug-likeness (QED) is 0.888. The molecule has 1 N–H and O–H groups in total. The molecule has 0 aliphatic rings. The summed E-state index contributed by atoms with van der Waals surface area (Å²) in [5, 5.41) is 3.66. The lowest BCUT2D eigenvalue weighted by Crippen LogP contribution is -2.23. The Morgan fingerprint density at radius 1 is 1.38 bits per heavy atom. The van der Waals surface area contributed by atoms with Crippen LogP contribution in [-0.2, 0) is 16.6 Å². The predicted octanol–water partition coefficient (Wildman–Crippen LogP) is 1.06. The van der Waals surface area contributed by atoms with Crippen LogP contribution >= 0.6 is 0 Å². The molecule has 0 aliphatic carbocycles. The van der Waals surface area contributed by atoms with E-state index in [-0.39, 0.29) is 17.3 Å². The van der Waals surface area contributed by atoms with Crippen LogP contribution in [0, 0.1) is 12.7 Å². The van der Waals surface area contributed by atoms with Crippen LogP contribution in [0.5, 0.6) is 0 Å². The number of aryl methyl sites for hydroxylation is 1. The van der Waals surface area contributed by atoms with E-state index in [1.54, 1.807) is 25.9 Å². The van der Waals surface area contributed by atoms with Crippen LogP contribution in [0.15, 0.2) is 27.6 Å². The van der Waals surface area contributed by atoms with Crippen molar-refractivity contribution in [2.24, 2.45) is 0 Å². The number of aromatic nitrogens is 2. The lowest BCUT2D eigenvalue weighted by atomic mass is 10.2. The Labute approximate surface area is 121 Å². The molecule has 1 heterocycles. The lowest BCUT2D eigenvalue weighted by Gasteiger charge is -2.06. The van der Waals surface area contributed by atoms with E-state index in [1.165, 1.54) is 12.1 Å². The van der Waals surface area contributed by atoms with Gasteiger partial charge in [0, 0.05) is 14.1 Å². The lowest BCUT2D eigenvalue weighted by molar-refractivity contribution is 0.375. The summed E-state index contributed by atoms with van der Waals surface area (Å²) in [6.45, 7) is 1.39. The van der Waals surface area contributed by atoms with Crippen LogP contribution in [0.3, 0.4) is 0 Å². The Kier molecular flexibility index (Phi) is 4.24. The van der Waals surface area contributed by atoms with E-state index in [0.717, 1.165) is 6.07 Å². The maximum absolute atomic E-state index is 13.4. The van der Waals surface area contributed by atoms with E-state index in [2.05, 4.69) is 14.9 Å². The van der Waals surface area contributed by atoms with E-state index in [9.17, 15) is 12.8 Å². The first-order chi connectivity index (χ1) is 9.79. The number of benzene rings is 1. The highest BCUT2D eigenvalue weighted by Crippen LogP contribution is 2.14. The number of nitrogens with one attached hydrogen (secondary N) is 1. The summed E-state index contributed by atoms with van der Waals surface area (Å²) < 4.78 is 44.7. The van der Waals surface area contributed by atoms with Gasteiger partial charge in [0.2, 0.25) is 15.9 Å². The maximum atomic E-state index is 13.4. The topological polar surface area (TPSA) is 88.3 Å². The monoisotopic (exact) mass is 314 g/mol. The molecular formula is C12H15FN4O3S. The summed E-state index contributed by atoms with van der Waals surface area (Å²) in [5.41, 5.74) is 0.376. The van der Waals surface area contributed by atoms with Crippen molar-refractivity contribution >= 4 is 16.0 Å². The molecule has 0 atom stereocenters. The van der Waals surface area contributed by atoms with Crippen molar-refractivity contribution in [1.29, 1.82) is 0 Å². The van der Waals surface area contributed by atoms with Crippen LogP contribution in [-0.4, -0.2) is 32.7 Å². The van der Waals surface area contributed by atoms with Crippen molar-refractivity contribution in [1.82, 2.24) is 14.9 Å². The minimum absolute atomic E-state index is 0.120. The van der Waals surface area contributed by atoms with Crippen LogP contribution in [0.2, 0.25) is 0 Å². The second kappa shape index (κ2) is 5.78. The van der Waals surface area contributed by atoms with Gasteiger partial charge in [-0.15, -0.1) is 0 Å². The van der Waals surface area contributed by atoms with Crippen molar-refractivity contribution in [2.45, 2.75) is 18.4 Å². The Balaban J connectivity index is 2.11. The average molecular weight is 314 g/mol. The van der Waals surface area contributed by atoms with Crippen molar-refractivity contribution in [3.8, 4) is 0 Å². The number of anilines is 1. The fourth-order valence-electron chi connectivity index (χ4n) is 1.48. The molecule has 0 radical (unpaired) electrons. The van der Waals surface area contributed by atoms with Gasteiger partial charge >= 0.3 is 0 Å². The molecule has 0 spiro atoms. The van der Waals surface area contributed by atoms with E-state index in [1.807, 2.05) is 0 Å². The van der Waals surface area contributed by atoms with Crippen molar-refractivity contribution in [3.63, 3.8) is 0 Å². The average Bonchev–Trinajstić information content (AvgIpc) is 2.89. The largest absolute Gasteiger partial charge is 0.344 e. The fraction of sp³-hybridized carbons (Fsp3) is 0.333. The molecule has 2 aromatic rings. The zero-order valence-corrected chi connectivity index (χ0v) is 12.6. The molecule has 0 bridgehead atoms. The van der Waals surface area contributed by atoms with E-state index in [0.29, 0.717) is 11.5 Å². The first-order valence-electron chi connectivity index (χ1n) is 6.05. The van der Waals surface area contributed by atoms with Gasteiger partial charge in [0.25, 0.3) is 5.95 Å². The summed E-state index contributed by atoms with van der Waals surface area (Å²) in [7, 11) is -0.380. The standard InChI is InChI=1S/C12H15FN4O3S/c1-8-4-5-9(6-10(8)13)21(18,19)14-7-11-15-12(16-20-11)17(2)3/h4-6,14H,7H2,1-3H3. The van der Waals surface area contributed by atoms with Crippen LogP contribution in [0.4, 0.5) is 10.3 Å². The third-order valence-corrected chi connectivity index (χ3v) is 4.12. The van der Waals surface area contributed by atoms with Gasteiger partial charge in [-0.3, -0.25) is 0 Å². The maximum Gasteiger partial charge on any atom is 0.265 e. The third kappa shape index (κ3) is 3.56. The van der Waals surface area contributed by atoms with Crippen LogP contribution in [0.25, 0.3) is 0 Å². The van der Waals surface area contributed by atoms with Crippen molar-refractivity contribution in [3.05, 3.63) is 35.5 Å². The van der Waals surface area contributed by atoms with Crippen molar-refractivity contribution < 1.29 is 17.3 Å². The second-order valence-corrected chi connectivity index (χ2v) is 6.39. The predicted molar refractivity (Wildman–Crippen MR) is 73.8 cm³/mol. The molecule has 0 saturated heterocycles. The number of sulfonamides is 1. The van der Waals surface area contributed by atoms with Gasteiger partial charge in [-0.1, -0.05) is 6.07 Å². The molecule has 2 rings (SSSR count). The fourth-order valence-corrected chi connectivity index (χ4v) is 2.47. The molecule has 0 saturated carbocycles. The second-order valence-electron chi connectivity index (χ2n) is 4.62. The zero-order chi connectivity index (χ0) is 15.6. The summed E-state index contributed by atoms with van der Waals surface area (Å²) >= 11 is 0. The molecule has 0 aliphatic heterocycles. The minimum Gasteiger partial charge on any atom is -0.344 e. The van der Waals surface area contributed by atoms with Crippen LogP contribution in [0.1, 0.15) is 11.5 Å². The van der Waals surface area contributed by atoms with Gasteiger partial charge in [0.15, 0.2) is 0 Å². The molecule has 7 nitrogen and oxygen atoms in total. The first kappa shape index (κ1) is 15.4. The molecule has 114 valence electrons. The number of hydrogen-bond donors (Lipinski definition) is 1. The molecular weight excluding hydrogens is 299 g/mol. The Bertz CT molecular complexity index is 743. The molecule has 0 unspecified atom stereocenters. The van der Waals surface area contributed by atoms with E-state index >= 15 is 0 Å². The summed E-state index contributed by atoms with van der Waals surface area (Å²) in [6, 6.07) is 3.71. The van der Waals surface area contributed by atoms with E-state index < -0.39 is 15.8 Å². The molecule has 0 fully saturated rings. The first-order valence-corrected chi connectivity index (χ1v) is 7.53. The molecule has 0 amide bonds. The Morgan fingerprint density at radius 3 is 2.67 bits per heavy atom. The van der Waals surface area contributed by atoms with Gasteiger partial charge in [0.05, 0.1) is 11.4 Å². The van der Waals surface area contributed by atoms with Crippen molar-refractivity contribution in [2.75, 3.05) is 19.0 Å². The summed E-state index contributed by atoms with van der Waals surface area (Å²) in [4.78, 5) is 5.45. The number of halogens is 1. The van der Waals surface area contributed by atoms with Gasteiger partial charge in [-0.2, -0.15) is 4.98 Å². The third-order valence-electron chi connectivity index (χ3n) is 2.72. The number of nitrogens with zero attached hydrogens (tertiary/aromatic N) is 3. The minimum atomic E-state index is -3.84. The summed E-state index contributed by atoms with van der Waals surface area (Å²) in [6.07, 6.45) is 0. The zero-order valence-electron chi connectivity index (χ0n) is 11.8. The molecule has 1 aromatic carbocycles. The van der Waals surface area contributed by atoms with Gasteiger partial charge in [-0.25, -0.2) is 17.5 Å². The van der Waals surface area contributed by atoms with Gasteiger partial charge in [-0.05, 0) is 29.8 Å². The smallest absolute Gasteiger partial charge is 0.265 e.